The Morgan fingerprint density at radius 3 is 2.37 bits per heavy atom. The first-order chi connectivity index (χ1) is 13.1. The van der Waals surface area contributed by atoms with Crippen molar-refractivity contribution in [3.63, 3.8) is 0 Å². The zero-order valence-electron chi connectivity index (χ0n) is 16.6. The molecule has 3 saturated heterocycles. The Morgan fingerprint density at radius 1 is 1.00 bits per heavy atom. The first kappa shape index (κ1) is 17.8. The van der Waals surface area contributed by atoms with Crippen molar-refractivity contribution in [1.29, 1.82) is 0 Å². The number of amides is 2. The van der Waals surface area contributed by atoms with E-state index >= 15 is 0 Å². The molecule has 3 atom stereocenters. The summed E-state index contributed by atoms with van der Waals surface area (Å²) >= 11 is 0. The molecule has 2 saturated carbocycles. The van der Waals surface area contributed by atoms with Crippen molar-refractivity contribution in [2.45, 2.75) is 51.5 Å². The third-order valence-corrected chi connectivity index (χ3v) is 7.99. The summed E-state index contributed by atoms with van der Waals surface area (Å²) in [5.41, 5.74) is 0.341. The van der Waals surface area contributed by atoms with Crippen LogP contribution in [-0.2, 0) is 9.53 Å². The fourth-order valence-electron chi connectivity index (χ4n) is 6.39. The summed E-state index contributed by atoms with van der Waals surface area (Å²) in [6.45, 7) is 8.27. The lowest BCUT2D eigenvalue weighted by Gasteiger charge is -2.49. The number of likely N-dealkylation sites (tertiary alicyclic amines) is 3. The predicted molar refractivity (Wildman–Crippen MR) is 101 cm³/mol. The summed E-state index contributed by atoms with van der Waals surface area (Å²) in [4.78, 5) is 31.4. The van der Waals surface area contributed by atoms with E-state index in [0.29, 0.717) is 41.7 Å². The molecule has 1 spiro atoms. The van der Waals surface area contributed by atoms with Gasteiger partial charge in [0.2, 0.25) is 5.91 Å². The van der Waals surface area contributed by atoms with Crippen molar-refractivity contribution < 1.29 is 14.3 Å². The highest BCUT2D eigenvalue weighted by Crippen LogP contribution is 2.57. The summed E-state index contributed by atoms with van der Waals surface area (Å²) in [5.74, 6) is 2.03. The van der Waals surface area contributed by atoms with Crippen LogP contribution in [0.4, 0.5) is 4.79 Å². The maximum atomic E-state index is 12.7. The van der Waals surface area contributed by atoms with Gasteiger partial charge < -0.3 is 14.5 Å². The molecule has 5 fully saturated rings. The van der Waals surface area contributed by atoms with Crippen LogP contribution in [-0.4, -0.2) is 78.6 Å². The lowest BCUT2D eigenvalue weighted by atomic mass is 9.64. The smallest absolute Gasteiger partial charge is 0.409 e. The zero-order valence-corrected chi connectivity index (χ0v) is 16.6. The van der Waals surface area contributed by atoms with Crippen LogP contribution in [0, 0.1) is 23.2 Å². The minimum absolute atomic E-state index is 0.140. The number of ether oxygens (including phenoxy) is 1. The maximum Gasteiger partial charge on any atom is 0.409 e. The van der Waals surface area contributed by atoms with E-state index in [1.165, 1.54) is 32.1 Å². The van der Waals surface area contributed by atoms with Crippen LogP contribution in [0.1, 0.15) is 45.4 Å². The van der Waals surface area contributed by atoms with E-state index in [1.807, 2.05) is 11.8 Å². The first-order valence-corrected chi connectivity index (χ1v) is 11.0. The number of carbonyl (C=O) groups excluding carboxylic acids is 2. The van der Waals surface area contributed by atoms with Crippen molar-refractivity contribution >= 4 is 12.0 Å². The lowest BCUT2D eigenvalue weighted by molar-refractivity contribution is -0.134. The van der Waals surface area contributed by atoms with E-state index in [4.69, 9.17) is 4.74 Å². The maximum absolute atomic E-state index is 12.7. The predicted octanol–water partition coefficient (Wildman–Crippen LogP) is 2.19. The average molecular weight is 376 g/mol. The molecule has 0 unspecified atom stereocenters. The molecule has 0 radical (unpaired) electrons. The third-order valence-electron chi connectivity index (χ3n) is 7.99. The van der Waals surface area contributed by atoms with Crippen LogP contribution in [0.3, 0.4) is 0 Å². The van der Waals surface area contributed by atoms with E-state index in [2.05, 4.69) is 9.80 Å². The number of hydrogen-bond acceptors (Lipinski definition) is 4. The SMILES string of the molecule is CCOC(=O)N1CCC2(CC(N3C[C@@H]4[C@H](C3)[C@H]4C(=O)N3CCCCC3)C2)C1. The third kappa shape index (κ3) is 3.04. The van der Waals surface area contributed by atoms with E-state index in [1.54, 1.807) is 0 Å². The van der Waals surface area contributed by atoms with E-state index in [9.17, 15) is 9.59 Å². The molecule has 6 nitrogen and oxygen atoms in total. The molecule has 6 heteroatoms. The number of nitrogens with zero attached hydrogens (tertiary/aromatic N) is 3. The molecule has 5 aliphatic rings. The van der Waals surface area contributed by atoms with Crippen molar-refractivity contribution in [1.82, 2.24) is 14.7 Å². The number of fused-ring (bicyclic) bond motifs is 1. The Morgan fingerprint density at radius 2 is 1.70 bits per heavy atom. The van der Waals surface area contributed by atoms with Gasteiger partial charge in [-0.2, -0.15) is 0 Å². The van der Waals surface area contributed by atoms with Crippen molar-refractivity contribution in [3.05, 3.63) is 0 Å². The summed E-state index contributed by atoms with van der Waals surface area (Å²) in [7, 11) is 0. The lowest BCUT2D eigenvalue weighted by Crippen LogP contribution is -2.52. The average Bonchev–Trinajstić information content (AvgIpc) is 3.02. The molecular weight excluding hydrogens is 342 g/mol. The Bertz CT molecular complexity index is 600. The highest BCUT2D eigenvalue weighted by Gasteiger charge is 2.62. The fraction of sp³-hybridized carbons (Fsp3) is 0.905. The molecule has 2 amide bonds. The summed E-state index contributed by atoms with van der Waals surface area (Å²) in [5, 5.41) is 0. The Labute approximate surface area is 162 Å². The van der Waals surface area contributed by atoms with Gasteiger partial charge >= 0.3 is 6.09 Å². The molecular formula is C21H33N3O3. The molecule has 3 heterocycles. The monoisotopic (exact) mass is 375 g/mol. The van der Waals surface area contributed by atoms with Crippen LogP contribution in [0.25, 0.3) is 0 Å². The molecule has 3 aliphatic heterocycles. The van der Waals surface area contributed by atoms with Gasteiger partial charge in [0, 0.05) is 51.2 Å². The van der Waals surface area contributed by atoms with Gasteiger partial charge in [0.05, 0.1) is 6.61 Å². The molecule has 2 aliphatic carbocycles. The Kier molecular flexibility index (Phi) is 4.37. The highest BCUT2D eigenvalue weighted by molar-refractivity contribution is 5.82. The standard InChI is InChI=1S/C21H33N3O3/c1-2-27-20(26)23-9-6-21(14-23)10-15(11-21)24-12-16-17(13-24)18(16)19(25)22-7-4-3-5-8-22/h15-18H,2-14H2,1H3/t15?,16-,17+,18+,21?. The number of carbonyl (C=O) groups is 2. The minimum atomic E-state index is -0.140. The van der Waals surface area contributed by atoms with Gasteiger partial charge in [0.1, 0.15) is 0 Å². The minimum Gasteiger partial charge on any atom is -0.450 e. The van der Waals surface area contributed by atoms with E-state index in [0.717, 1.165) is 45.7 Å². The Hall–Kier alpha value is -1.30. The van der Waals surface area contributed by atoms with Gasteiger partial charge in [-0.3, -0.25) is 9.69 Å². The molecule has 27 heavy (non-hydrogen) atoms. The van der Waals surface area contributed by atoms with E-state index in [-0.39, 0.29) is 6.09 Å². The molecule has 0 aromatic heterocycles. The molecule has 0 aromatic rings. The highest BCUT2D eigenvalue weighted by atomic mass is 16.6. The van der Waals surface area contributed by atoms with Gasteiger partial charge in [-0.1, -0.05) is 0 Å². The topological polar surface area (TPSA) is 53.1 Å². The van der Waals surface area contributed by atoms with Gasteiger partial charge in [0.15, 0.2) is 0 Å². The molecule has 0 N–H and O–H groups in total. The largest absolute Gasteiger partial charge is 0.450 e. The van der Waals surface area contributed by atoms with Crippen molar-refractivity contribution in [3.8, 4) is 0 Å². The van der Waals surface area contributed by atoms with Crippen LogP contribution in [0.5, 0.6) is 0 Å². The molecule has 0 aromatic carbocycles. The fourth-order valence-corrected chi connectivity index (χ4v) is 6.39. The van der Waals surface area contributed by atoms with Gasteiger partial charge in [0.25, 0.3) is 0 Å². The molecule has 150 valence electrons. The zero-order chi connectivity index (χ0) is 18.6. The second-order valence-corrected chi connectivity index (χ2v) is 9.63. The number of hydrogen-bond donors (Lipinski definition) is 0. The van der Waals surface area contributed by atoms with Gasteiger partial charge in [-0.25, -0.2) is 4.79 Å². The molecule has 5 rings (SSSR count). The summed E-state index contributed by atoms with van der Waals surface area (Å²) in [6.07, 6.45) is 7.07. The molecule has 0 bridgehead atoms. The summed E-state index contributed by atoms with van der Waals surface area (Å²) < 4.78 is 5.16. The second-order valence-electron chi connectivity index (χ2n) is 9.63. The van der Waals surface area contributed by atoms with E-state index < -0.39 is 0 Å². The summed E-state index contributed by atoms with van der Waals surface area (Å²) in [6, 6.07) is 0.672. The first-order valence-electron chi connectivity index (χ1n) is 11.0. The van der Waals surface area contributed by atoms with Crippen LogP contribution < -0.4 is 0 Å². The van der Waals surface area contributed by atoms with Gasteiger partial charge in [-0.15, -0.1) is 0 Å². The second kappa shape index (κ2) is 6.64. The normalized spacial score (nSPS) is 40.8. The number of piperidine rings is 2. The number of rotatable bonds is 3. The quantitative estimate of drug-likeness (QED) is 0.759. The van der Waals surface area contributed by atoms with Crippen LogP contribution >= 0.6 is 0 Å². The Balaban J connectivity index is 1.08. The van der Waals surface area contributed by atoms with Crippen LogP contribution in [0.15, 0.2) is 0 Å². The van der Waals surface area contributed by atoms with Crippen LogP contribution in [0.2, 0.25) is 0 Å². The van der Waals surface area contributed by atoms with Crippen molar-refractivity contribution in [2.24, 2.45) is 23.2 Å². The van der Waals surface area contributed by atoms with Crippen molar-refractivity contribution in [2.75, 3.05) is 45.9 Å². The van der Waals surface area contributed by atoms with Gasteiger partial charge in [-0.05, 0) is 62.7 Å².